The summed E-state index contributed by atoms with van der Waals surface area (Å²) in [5, 5.41) is 3.23. The molecule has 0 aliphatic carbocycles. The molecule has 1 aromatic rings. The molecule has 2 nitrogen and oxygen atoms in total. The molecule has 0 bridgehead atoms. The smallest absolute Gasteiger partial charge is 0.141 e. The molecular formula is C13H17BrFNO. The van der Waals surface area contributed by atoms with Crippen LogP contribution in [0.15, 0.2) is 34.8 Å². The van der Waals surface area contributed by atoms with E-state index in [0.717, 1.165) is 25.1 Å². The van der Waals surface area contributed by atoms with E-state index in [1.165, 1.54) is 6.07 Å². The number of ether oxygens (including phenoxy) is 1. The molecule has 1 rings (SSSR count). The number of nitrogens with one attached hydrogen (secondary N) is 1. The molecule has 0 fully saturated rings. The lowest BCUT2D eigenvalue weighted by atomic mass is 10.3. The SMILES string of the molecule is C=C(CNCCC)COc1ccc(Br)c(F)c1. The van der Waals surface area contributed by atoms with Gasteiger partial charge in [-0.3, -0.25) is 0 Å². The average Bonchev–Trinajstić information content (AvgIpc) is 2.31. The van der Waals surface area contributed by atoms with Crippen LogP contribution in [-0.2, 0) is 0 Å². The number of benzene rings is 1. The van der Waals surface area contributed by atoms with E-state index in [-0.39, 0.29) is 5.82 Å². The van der Waals surface area contributed by atoms with Gasteiger partial charge in [0.15, 0.2) is 0 Å². The summed E-state index contributed by atoms with van der Waals surface area (Å²) < 4.78 is 19.1. The van der Waals surface area contributed by atoms with Gasteiger partial charge in [0.05, 0.1) is 4.47 Å². The molecule has 94 valence electrons. The predicted octanol–water partition coefficient (Wildman–Crippen LogP) is 3.52. The van der Waals surface area contributed by atoms with Crippen molar-refractivity contribution in [1.29, 1.82) is 0 Å². The van der Waals surface area contributed by atoms with Gasteiger partial charge in [0.1, 0.15) is 18.2 Å². The van der Waals surface area contributed by atoms with Gasteiger partial charge < -0.3 is 10.1 Å². The van der Waals surface area contributed by atoms with E-state index in [4.69, 9.17) is 4.74 Å². The first-order valence-corrected chi connectivity index (χ1v) is 6.38. The first-order valence-electron chi connectivity index (χ1n) is 5.58. The molecule has 0 saturated heterocycles. The summed E-state index contributed by atoms with van der Waals surface area (Å²) in [4.78, 5) is 0. The Labute approximate surface area is 110 Å². The minimum absolute atomic E-state index is 0.322. The minimum Gasteiger partial charge on any atom is -0.489 e. The van der Waals surface area contributed by atoms with Crippen LogP contribution in [0.25, 0.3) is 0 Å². The molecule has 0 spiro atoms. The molecule has 0 heterocycles. The van der Waals surface area contributed by atoms with Crippen LogP contribution in [0.4, 0.5) is 4.39 Å². The van der Waals surface area contributed by atoms with Gasteiger partial charge >= 0.3 is 0 Å². The van der Waals surface area contributed by atoms with Gasteiger partial charge in [0, 0.05) is 12.6 Å². The van der Waals surface area contributed by atoms with Crippen LogP contribution in [0, 0.1) is 5.82 Å². The Hall–Kier alpha value is -0.870. The summed E-state index contributed by atoms with van der Waals surface area (Å²) in [5.41, 5.74) is 0.946. The highest BCUT2D eigenvalue weighted by molar-refractivity contribution is 9.10. The van der Waals surface area contributed by atoms with Crippen molar-refractivity contribution in [3.05, 3.63) is 40.6 Å². The Kier molecular flexibility index (Phi) is 6.22. The fourth-order valence-corrected chi connectivity index (χ4v) is 1.49. The van der Waals surface area contributed by atoms with Crippen LogP contribution in [0.2, 0.25) is 0 Å². The van der Waals surface area contributed by atoms with E-state index in [1.54, 1.807) is 12.1 Å². The Morgan fingerprint density at radius 1 is 1.53 bits per heavy atom. The molecule has 4 heteroatoms. The van der Waals surface area contributed by atoms with Gasteiger partial charge in [-0.25, -0.2) is 4.39 Å². The van der Waals surface area contributed by atoms with Crippen LogP contribution in [0.1, 0.15) is 13.3 Å². The van der Waals surface area contributed by atoms with E-state index >= 15 is 0 Å². The Balaban J connectivity index is 2.34. The highest BCUT2D eigenvalue weighted by Gasteiger charge is 2.02. The van der Waals surface area contributed by atoms with Crippen LogP contribution < -0.4 is 10.1 Å². The predicted molar refractivity (Wildman–Crippen MR) is 71.9 cm³/mol. The van der Waals surface area contributed by atoms with Crippen LogP contribution >= 0.6 is 15.9 Å². The molecule has 0 aliphatic rings. The van der Waals surface area contributed by atoms with Gasteiger partial charge in [0.2, 0.25) is 0 Å². The molecule has 0 unspecified atom stereocenters. The molecule has 0 atom stereocenters. The maximum Gasteiger partial charge on any atom is 0.141 e. The minimum atomic E-state index is -0.322. The van der Waals surface area contributed by atoms with E-state index in [0.29, 0.717) is 16.8 Å². The average molecular weight is 302 g/mol. The molecule has 0 aromatic heterocycles. The zero-order chi connectivity index (χ0) is 12.7. The van der Waals surface area contributed by atoms with E-state index < -0.39 is 0 Å². The van der Waals surface area contributed by atoms with Crippen molar-refractivity contribution in [3.63, 3.8) is 0 Å². The molecule has 0 radical (unpaired) electrons. The Morgan fingerprint density at radius 3 is 2.94 bits per heavy atom. The fourth-order valence-electron chi connectivity index (χ4n) is 1.25. The summed E-state index contributed by atoms with van der Waals surface area (Å²) in [6.07, 6.45) is 1.09. The summed E-state index contributed by atoms with van der Waals surface area (Å²) in [6.45, 7) is 8.09. The van der Waals surface area contributed by atoms with Crippen molar-refractivity contribution >= 4 is 15.9 Å². The second-order valence-electron chi connectivity index (χ2n) is 3.79. The summed E-state index contributed by atoms with van der Waals surface area (Å²) in [6, 6.07) is 4.71. The van der Waals surface area contributed by atoms with Crippen LogP contribution in [-0.4, -0.2) is 19.7 Å². The quantitative estimate of drug-likeness (QED) is 0.614. The lowest BCUT2D eigenvalue weighted by Crippen LogP contribution is -2.20. The number of halogens is 2. The van der Waals surface area contributed by atoms with Gasteiger partial charge in [-0.1, -0.05) is 13.5 Å². The van der Waals surface area contributed by atoms with E-state index in [9.17, 15) is 4.39 Å². The third kappa shape index (κ3) is 5.33. The van der Waals surface area contributed by atoms with Crippen molar-refractivity contribution in [2.24, 2.45) is 0 Å². The maximum atomic E-state index is 13.2. The van der Waals surface area contributed by atoms with Crippen molar-refractivity contribution < 1.29 is 9.13 Å². The largest absolute Gasteiger partial charge is 0.489 e. The van der Waals surface area contributed by atoms with Crippen molar-refractivity contribution in [3.8, 4) is 5.75 Å². The summed E-state index contributed by atoms with van der Waals surface area (Å²) >= 11 is 3.09. The number of hydrogen-bond acceptors (Lipinski definition) is 2. The topological polar surface area (TPSA) is 21.3 Å². The molecule has 0 amide bonds. The fraction of sp³-hybridized carbons (Fsp3) is 0.385. The van der Waals surface area contributed by atoms with Crippen molar-refractivity contribution in [2.75, 3.05) is 19.7 Å². The van der Waals surface area contributed by atoms with Gasteiger partial charge in [0.25, 0.3) is 0 Å². The summed E-state index contributed by atoms with van der Waals surface area (Å²) in [7, 11) is 0. The first-order chi connectivity index (χ1) is 8.13. The first kappa shape index (κ1) is 14.2. The molecule has 1 aromatic carbocycles. The maximum absolute atomic E-state index is 13.2. The second kappa shape index (κ2) is 7.45. The van der Waals surface area contributed by atoms with Crippen LogP contribution in [0.5, 0.6) is 5.75 Å². The lowest BCUT2D eigenvalue weighted by molar-refractivity contribution is 0.346. The monoisotopic (exact) mass is 301 g/mol. The summed E-state index contributed by atoms with van der Waals surface area (Å²) in [5.74, 6) is 0.194. The standard InChI is InChI=1S/C13H17BrFNO/c1-3-6-16-8-10(2)9-17-11-4-5-12(14)13(15)7-11/h4-5,7,16H,2-3,6,8-9H2,1H3. The van der Waals surface area contributed by atoms with Gasteiger partial charge in [-0.15, -0.1) is 0 Å². The molecular weight excluding hydrogens is 285 g/mol. The molecule has 0 saturated carbocycles. The van der Waals surface area contributed by atoms with E-state index in [2.05, 4.69) is 34.7 Å². The van der Waals surface area contributed by atoms with E-state index in [1.807, 2.05) is 0 Å². The Bertz CT molecular complexity index is 382. The van der Waals surface area contributed by atoms with Crippen LogP contribution in [0.3, 0.4) is 0 Å². The normalized spacial score (nSPS) is 10.3. The third-order valence-corrected chi connectivity index (χ3v) is 2.78. The lowest BCUT2D eigenvalue weighted by Gasteiger charge is -2.09. The highest BCUT2D eigenvalue weighted by atomic mass is 79.9. The third-order valence-electron chi connectivity index (χ3n) is 2.14. The van der Waals surface area contributed by atoms with Crippen molar-refractivity contribution in [2.45, 2.75) is 13.3 Å². The Morgan fingerprint density at radius 2 is 2.29 bits per heavy atom. The molecule has 17 heavy (non-hydrogen) atoms. The number of rotatable bonds is 7. The second-order valence-corrected chi connectivity index (χ2v) is 4.65. The molecule has 1 N–H and O–H groups in total. The number of hydrogen-bond donors (Lipinski definition) is 1. The van der Waals surface area contributed by atoms with Gasteiger partial charge in [-0.2, -0.15) is 0 Å². The zero-order valence-corrected chi connectivity index (χ0v) is 11.5. The molecule has 0 aliphatic heterocycles. The highest BCUT2D eigenvalue weighted by Crippen LogP contribution is 2.21. The van der Waals surface area contributed by atoms with Crippen molar-refractivity contribution in [1.82, 2.24) is 5.32 Å². The van der Waals surface area contributed by atoms with Gasteiger partial charge in [-0.05, 0) is 46.6 Å². The zero-order valence-electron chi connectivity index (χ0n) is 9.93.